The fourth-order valence-electron chi connectivity index (χ4n) is 1.60. The van der Waals surface area contributed by atoms with Crippen molar-refractivity contribution in [3.8, 4) is 0 Å². The summed E-state index contributed by atoms with van der Waals surface area (Å²) in [6.07, 6.45) is 1.63. The lowest BCUT2D eigenvalue weighted by Gasteiger charge is -2.05. The standard InChI is InChI=1S/C10H13BrN4O2S/c1-2-18(16,17)4-3-15-9-8(14-10(15)12)5-7(11)6-13-9/h5-6H,2-4H2,1H3,(H2,12,14). The number of aryl methyl sites for hydroxylation is 1. The summed E-state index contributed by atoms with van der Waals surface area (Å²) in [6, 6.07) is 1.80. The Balaban J connectivity index is 2.36. The Kier molecular flexibility index (Phi) is 3.58. The van der Waals surface area contributed by atoms with E-state index >= 15 is 0 Å². The zero-order valence-corrected chi connectivity index (χ0v) is 12.2. The van der Waals surface area contributed by atoms with Crippen molar-refractivity contribution in [2.24, 2.45) is 0 Å². The minimum atomic E-state index is -3.03. The van der Waals surface area contributed by atoms with Crippen molar-refractivity contribution >= 4 is 42.9 Å². The Hall–Kier alpha value is -1.15. The number of fused-ring (bicyclic) bond motifs is 1. The molecule has 2 N–H and O–H groups in total. The number of nitrogens with zero attached hydrogens (tertiary/aromatic N) is 3. The van der Waals surface area contributed by atoms with Crippen LogP contribution in [0, 0.1) is 0 Å². The van der Waals surface area contributed by atoms with E-state index in [1.807, 2.05) is 0 Å². The van der Waals surface area contributed by atoms with Crippen LogP contribution in [0.3, 0.4) is 0 Å². The average Bonchev–Trinajstić information content (AvgIpc) is 2.61. The minimum absolute atomic E-state index is 0.0386. The summed E-state index contributed by atoms with van der Waals surface area (Å²) in [5.41, 5.74) is 7.02. The molecule has 0 spiro atoms. The molecular formula is C10H13BrN4O2S. The number of imidazole rings is 1. The van der Waals surface area contributed by atoms with Gasteiger partial charge in [0.15, 0.2) is 15.5 Å². The van der Waals surface area contributed by atoms with E-state index in [2.05, 4.69) is 25.9 Å². The molecule has 0 atom stereocenters. The number of nitrogen functional groups attached to an aromatic ring is 1. The molecule has 0 saturated heterocycles. The van der Waals surface area contributed by atoms with Gasteiger partial charge in [-0.25, -0.2) is 18.4 Å². The van der Waals surface area contributed by atoms with E-state index in [1.54, 1.807) is 23.8 Å². The number of rotatable bonds is 4. The van der Waals surface area contributed by atoms with Crippen molar-refractivity contribution < 1.29 is 8.42 Å². The van der Waals surface area contributed by atoms with Gasteiger partial charge in [0.1, 0.15) is 5.52 Å². The molecule has 2 rings (SSSR count). The van der Waals surface area contributed by atoms with Gasteiger partial charge in [0, 0.05) is 23.0 Å². The van der Waals surface area contributed by atoms with Gasteiger partial charge in [0.2, 0.25) is 5.95 Å². The number of nitrogens with two attached hydrogens (primary N) is 1. The van der Waals surface area contributed by atoms with Gasteiger partial charge in [-0.1, -0.05) is 6.92 Å². The van der Waals surface area contributed by atoms with Crippen LogP contribution in [0.4, 0.5) is 5.95 Å². The quantitative estimate of drug-likeness (QED) is 0.908. The van der Waals surface area contributed by atoms with Crippen LogP contribution in [0.2, 0.25) is 0 Å². The predicted molar refractivity (Wildman–Crippen MR) is 74.0 cm³/mol. The SMILES string of the molecule is CCS(=O)(=O)CCn1c(N)nc2cc(Br)cnc21. The molecular weight excluding hydrogens is 320 g/mol. The largest absolute Gasteiger partial charge is 0.369 e. The van der Waals surface area contributed by atoms with E-state index in [0.29, 0.717) is 11.2 Å². The van der Waals surface area contributed by atoms with Gasteiger partial charge in [-0.05, 0) is 22.0 Å². The lowest BCUT2D eigenvalue weighted by molar-refractivity contribution is 0.591. The topological polar surface area (TPSA) is 90.9 Å². The Morgan fingerprint density at radius 3 is 2.89 bits per heavy atom. The van der Waals surface area contributed by atoms with Crippen molar-refractivity contribution in [1.82, 2.24) is 14.5 Å². The molecule has 2 heterocycles. The molecule has 0 radical (unpaired) electrons. The maximum absolute atomic E-state index is 11.5. The zero-order valence-electron chi connectivity index (χ0n) is 9.80. The van der Waals surface area contributed by atoms with Gasteiger partial charge in [-0.2, -0.15) is 0 Å². The van der Waals surface area contributed by atoms with E-state index in [1.165, 1.54) is 0 Å². The molecule has 0 bridgehead atoms. The third-order valence-electron chi connectivity index (χ3n) is 2.65. The number of hydrogen-bond acceptors (Lipinski definition) is 5. The van der Waals surface area contributed by atoms with Crippen LogP contribution >= 0.6 is 15.9 Å². The Morgan fingerprint density at radius 1 is 1.50 bits per heavy atom. The van der Waals surface area contributed by atoms with Gasteiger partial charge < -0.3 is 5.73 Å². The Bertz CT molecular complexity index is 680. The van der Waals surface area contributed by atoms with Crippen LogP contribution in [0.5, 0.6) is 0 Å². The summed E-state index contributed by atoms with van der Waals surface area (Å²) < 4.78 is 25.4. The van der Waals surface area contributed by atoms with Crippen LogP contribution in [0.15, 0.2) is 16.7 Å². The highest BCUT2D eigenvalue weighted by atomic mass is 79.9. The smallest absolute Gasteiger partial charge is 0.202 e. The lowest BCUT2D eigenvalue weighted by atomic mass is 10.4. The first-order chi connectivity index (χ1) is 8.43. The molecule has 0 aliphatic rings. The average molecular weight is 333 g/mol. The normalized spacial score (nSPS) is 12.1. The summed E-state index contributed by atoms with van der Waals surface area (Å²) in [5.74, 6) is 0.442. The predicted octanol–water partition coefficient (Wildman–Crippen LogP) is 1.21. The van der Waals surface area contributed by atoms with Crippen molar-refractivity contribution in [2.45, 2.75) is 13.5 Å². The molecule has 0 amide bonds. The van der Waals surface area contributed by atoms with Crippen LogP contribution in [0.1, 0.15) is 6.92 Å². The molecule has 0 aromatic carbocycles. The summed E-state index contributed by atoms with van der Waals surface area (Å²) >= 11 is 3.30. The first-order valence-electron chi connectivity index (χ1n) is 5.40. The number of pyridine rings is 1. The molecule has 0 unspecified atom stereocenters. The van der Waals surface area contributed by atoms with Gasteiger partial charge >= 0.3 is 0 Å². The third kappa shape index (κ3) is 2.64. The number of hydrogen-bond donors (Lipinski definition) is 1. The molecule has 2 aromatic rings. The number of halogens is 1. The summed E-state index contributed by atoms with van der Waals surface area (Å²) in [4.78, 5) is 8.36. The molecule has 8 heteroatoms. The van der Waals surface area contributed by atoms with Crippen LogP contribution < -0.4 is 5.73 Å². The van der Waals surface area contributed by atoms with E-state index in [9.17, 15) is 8.42 Å². The summed E-state index contributed by atoms with van der Waals surface area (Å²) in [7, 11) is -3.03. The highest BCUT2D eigenvalue weighted by Gasteiger charge is 2.13. The maximum atomic E-state index is 11.5. The fourth-order valence-corrected chi connectivity index (χ4v) is 2.67. The molecule has 0 fully saturated rings. The van der Waals surface area contributed by atoms with Crippen molar-refractivity contribution in [1.29, 1.82) is 0 Å². The lowest BCUT2D eigenvalue weighted by Crippen LogP contribution is -2.16. The molecule has 6 nitrogen and oxygen atoms in total. The Morgan fingerprint density at radius 2 is 2.22 bits per heavy atom. The molecule has 98 valence electrons. The Labute approximate surface area is 113 Å². The van der Waals surface area contributed by atoms with E-state index in [-0.39, 0.29) is 24.0 Å². The fraction of sp³-hybridized carbons (Fsp3) is 0.400. The molecule has 18 heavy (non-hydrogen) atoms. The van der Waals surface area contributed by atoms with Crippen LogP contribution in [-0.4, -0.2) is 34.5 Å². The number of sulfone groups is 1. The van der Waals surface area contributed by atoms with Crippen LogP contribution in [0.25, 0.3) is 11.2 Å². The van der Waals surface area contributed by atoms with Crippen molar-refractivity contribution in [3.05, 3.63) is 16.7 Å². The van der Waals surface area contributed by atoms with Gasteiger partial charge in [0.05, 0.1) is 5.75 Å². The van der Waals surface area contributed by atoms with Gasteiger partial charge in [0.25, 0.3) is 0 Å². The number of aromatic nitrogens is 3. The monoisotopic (exact) mass is 332 g/mol. The van der Waals surface area contributed by atoms with Gasteiger partial charge in [-0.3, -0.25) is 4.57 Å². The van der Waals surface area contributed by atoms with Gasteiger partial charge in [-0.15, -0.1) is 0 Å². The first-order valence-corrected chi connectivity index (χ1v) is 8.02. The second-order valence-electron chi connectivity index (χ2n) is 3.85. The highest BCUT2D eigenvalue weighted by Crippen LogP contribution is 2.19. The molecule has 0 aliphatic carbocycles. The first kappa shape index (κ1) is 13.3. The minimum Gasteiger partial charge on any atom is -0.369 e. The second kappa shape index (κ2) is 4.85. The van der Waals surface area contributed by atoms with E-state index < -0.39 is 9.84 Å². The second-order valence-corrected chi connectivity index (χ2v) is 7.24. The molecule has 0 aliphatic heterocycles. The highest BCUT2D eigenvalue weighted by molar-refractivity contribution is 9.10. The van der Waals surface area contributed by atoms with E-state index in [4.69, 9.17) is 5.73 Å². The third-order valence-corrected chi connectivity index (χ3v) is 4.76. The maximum Gasteiger partial charge on any atom is 0.202 e. The zero-order chi connectivity index (χ0) is 13.3. The summed E-state index contributed by atoms with van der Waals surface area (Å²) in [6.45, 7) is 1.90. The van der Waals surface area contributed by atoms with Crippen molar-refractivity contribution in [2.75, 3.05) is 17.2 Å². The summed E-state index contributed by atoms with van der Waals surface area (Å²) in [5, 5.41) is 0. The van der Waals surface area contributed by atoms with Crippen molar-refractivity contribution in [3.63, 3.8) is 0 Å². The van der Waals surface area contributed by atoms with E-state index in [0.717, 1.165) is 4.47 Å². The molecule has 2 aromatic heterocycles. The number of anilines is 1. The van der Waals surface area contributed by atoms with Crippen LogP contribution in [-0.2, 0) is 16.4 Å². The molecule has 0 saturated carbocycles.